The minimum Gasteiger partial charge on any atom is -0.494 e. The van der Waals surface area contributed by atoms with Crippen LogP contribution in [0.25, 0.3) is 16.9 Å². The van der Waals surface area contributed by atoms with Gasteiger partial charge in [0.1, 0.15) is 11.4 Å². The number of piperazine rings is 1. The first kappa shape index (κ1) is 23.0. The van der Waals surface area contributed by atoms with E-state index in [1.165, 1.54) is 5.56 Å². The van der Waals surface area contributed by atoms with Gasteiger partial charge in [-0.05, 0) is 61.4 Å². The lowest BCUT2D eigenvalue weighted by Crippen LogP contribution is -2.46. The highest BCUT2D eigenvalue weighted by Gasteiger charge is 2.19. The Morgan fingerprint density at radius 3 is 2.50 bits per heavy atom. The summed E-state index contributed by atoms with van der Waals surface area (Å²) in [5.74, 6) is 0.892. The van der Waals surface area contributed by atoms with Crippen molar-refractivity contribution < 1.29 is 4.74 Å². The van der Waals surface area contributed by atoms with E-state index in [2.05, 4.69) is 51.7 Å². The van der Waals surface area contributed by atoms with Gasteiger partial charge in [-0.3, -0.25) is 4.90 Å². The van der Waals surface area contributed by atoms with Crippen LogP contribution in [0.2, 0.25) is 10.0 Å². The Morgan fingerprint density at radius 1 is 0.912 bits per heavy atom. The summed E-state index contributed by atoms with van der Waals surface area (Å²) in [4.78, 5) is 9.51. The number of aryl methyl sites for hydroxylation is 1. The van der Waals surface area contributed by atoms with Gasteiger partial charge in [-0.2, -0.15) is 0 Å². The molecule has 0 bridgehead atoms. The normalized spacial score (nSPS) is 14.6. The highest BCUT2D eigenvalue weighted by molar-refractivity contribution is 6.43. The fraction of sp³-hybridized carbons (Fsp3) is 0.296. The molecule has 0 atom stereocenters. The number of imidazole rings is 1. The van der Waals surface area contributed by atoms with E-state index in [1.54, 1.807) is 0 Å². The topological polar surface area (TPSA) is 33.0 Å². The Balaban J connectivity index is 1.07. The molecule has 0 unspecified atom stereocenters. The fourth-order valence-electron chi connectivity index (χ4n) is 4.39. The SMILES string of the molecule is Cc1ccc2nc(-c3ccc(OCCCN4CCN(c5cccc(Cl)c5Cl)CC4)cc3)cn2c1. The monoisotopic (exact) mass is 494 g/mol. The number of fused-ring (bicyclic) bond motifs is 1. The molecule has 1 fully saturated rings. The average Bonchev–Trinajstić information content (AvgIpc) is 3.28. The second kappa shape index (κ2) is 10.3. The van der Waals surface area contributed by atoms with Crippen molar-refractivity contribution in [2.45, 2.75) is 13.3 Å². The number of rotatable bonds is 7. The van der Waals surface area contributed by atoms with E-state index in [9.17, 15) is 0 Å². The van der Waals surface area contributed by atoms with Gasteiger partial charge in [-0.1, -0.05) is 35.3 Å². The Bertz CT molecular complexity index is 1260. The number of nitrogens with zero attached hydrogens (tertiary/aromatic N) is 4. The lowest BCUT2D eigenvalue weighted by molar-refractivity contribution is 0.225. The van der Waals surface area contributed by atoms with Crippen LogP contribution in [0.15, 0.2) is 67.0 Å². The van der Waals surface area contributed by atoms with Crippen molar-refractivity contribution in [3.63, 3.8) is 0 Å². The fourth-order valence-corrected chi connectivity index (χ4v) is 4.81. The molecule has 3 heterocycles. The average molecular weight is 495 g/mol. The molecular weight excluding hydrogens is 467 g/mol. The van der Waals surface area contributed by atoms with Crippen LogP contribution in [0, 0.1) is 6.92 Å². The quantitative estimate of drug-likeness (QED) is 0.286. The first-order valence-corrected chi connectivity index (χ1v) is 12.4. The zero-order chi connectivity index (χ0) is 23.5. The van der Waals surface area contributed by atoms with Crippen molar-refractivity contribution in [1.82, 2.24) is 14.3 Å². The van der Waals surface area contributed by atoms with E-state index < -0.39 is 0 Å². The summed E-state index contributed by atoms with van der Waals surface area (Å²) >= 11 is 12.6. The second-order valence-electron chi connectivity index (χ2n) is 8.73. The van der Waals surface area contributed by atoms with Crippen LogP contribution in [0.5, 0.6) is 5.75 Å². The molecule has 0 spiro atoms. The van der Waals surface area contributed by atoms with Gasteiger partial charge in [-0.25, -0.2) is 4.98 Å². The van der Waals surface area contributed by atoms with Gasteiger partial charge in [0.05, 0.1) is 28.0 Å². The van der Waals surface area contributed by atoms with Crippen LogP contribution >= 0.6 is 23.2 Å². The molecular formula is C27H28Cl2N4O. The maximum absolute atomic E-state index is 6.38. The number of hydrogen-bond donors (Lipinski definition) is 0. The Morgan fingerprint density at radius 2 is 1.71 bits per heavy atom. The number of halogens is 2. The summed E-state index contributed by atoms with van der Waals surface area (Å²) in [6.45, 7) is 7.73. The van der Waals surface area contributed by atoms with Crippen molar-refractivity contribution in [3.05, 3.63) is 82.6 Å². The van der Waals surface area contributed by atoms with E-state index in [0.29, 0.717) is 16.7 Å². The van der Waals surface area contributed by atoms with Gasteiger partial charge in [0.2, 0.25) is 0 Å². The van der Waals surface area contributed by atoms with E-state index in [0.717, 1.165) is 67.5 Å². The van der Waals surface area contributed by atoms with Gasteiger partial charge < -0.3 is 14.0 Å². The minimum atomic E-state index is 0.611. The van der Waals surface area contributed by atoms with Crippen molar-refractivity contribution in [3.8, 4) is 17.0 Å². The first-order chi connectivity index (χ1) is 16.6. The Labute approximate surface area is 210 Å². The lowest BCUT2D eigenvalue weighted by atomic mass is 10.1. The van der Waals surface area contributed by atoms with Crippen molar-refractivity contribution in [2.24, 2.45) is 0 Å². The van der Waals surface area contributed by atoms with E-state index in [-0.39, 0.29) is 0 Å². The number of hydrogen-bond acceptors (Lipinski definition) is 4. The van der Waals surface area contributed by atoms with Gasteiger partial charge in [-0.15, -0.1) is 0 Å². The summed E-state index contributed by atoms with van der Waals surface area (Å²) in [5, 5.41) is 1.26. The summed E-state index contributed by atoms with van der Waals surface area (Å²) < 4.78 is 8.06. The number of benzene rings is 2. The molecule has 1 aliphatic heterocycles. The van der Waals surface area contributed by atoms with E-state index in [1.807, 2.05) is 36.4 Å². The highest BCUT2D eigenvalue weighted by Crippen LogP contribution is 2.33. The van der Waals surface area contributed by atoms with E-state index in [4.69, 9.17) is 32.9 Å². The summed E-state index contributed by atoms with van der Waals surface area (Å²) in [6, 6.07) is 18.2. The van der Waals surface area contributed by atoms with Gasteiger partial charge in [0, 0.05) is 50.7 Å². The molecule has 4 aromatic rings. The third-order valence-electron chi connectivity index (χ3n) is 6.28. The maximum atomic E-state index is 6.38. The second-order valence-corrected chi connectivity index (χ2v) is 9.51. The molecule has 0 N–H and O–H groups in total. The summed E-state index contributed by atoms with van der Waals surface area (Å²) in [7, 11) is 0. The number of anilines is 1. The molecule has 34 heavy (non-hydrogen) atoms. The molecule has 7 heteroatoms. The number of pyridine rings is 1. The molecule has 0 saturated carbocycles. The van der Waals surface area contributed by atoms with Crippen LogP contribution in [-0.4, -0.2) is 53.6 Å². The zero-order valence-electron chi connectivity index (χ0n) is 19.3. The summed E-state index contributed by atoms with van der Waals surface area (Å²) in [6.07, 6.45) is 5.15. The van der Waals surface area contributed by atoms with Crippen molar-refractivity contribution >= 4 is 34.5 Å². The van der Waals surface area contributed by atoms with Crippen LogP contribution in [0.1, 0.15) is 12.0 Å². The van der Waals surface area contributed by atoms with Gasteiger partial charge in [0.25, 0.3) is 0 Å². The predicted molar refractivity (Wildman–Crippen MR) is 141 cm³/mol. The predicted octanol–water partition coefficient (Wildman–Crippen LogP) is 6.21. The molecule has 2 aromatic carbocycles. The largest absolute Gasteiger partial charge is 0.494 e. The lowest BCUT2D eigenvalue weighted by Gasteiger charge is -2.36. The molecule has 176 valence electrons. The van der Waals surface area contributed by atoms with Crippen molar-refractivity contribution in [2.75, 3.05) is 44.2 Å². The van der Waals surface area contributed by atoms with Crippen LogP contribution in [0.3, 0.4) is 0 Å². The molecule has 0 radical (unpaired) electrons. The van der Waals surface area contributed by atoms with Crippen LogP contribution in [0.4, 0.5) is 5.69 Å². The third kappa shape index (κ3) is 5.17. The summed E-state index contributed by atoms with van der Waals surface area (Å²) in [5.41, 5.74) is 5.26. The molecule has 5 rings (SSSR count). The van der Waals surface area contributed by atoms with Gasteiger partial charge in [0.15, 0.2) is 0 Å². The molecule has 0 aliphatic carbocycles. The third-order valence-corrected chi connectivity index (χ3v) is 7.09. The smallest absolute Gasteiger partial charge is 0.137 e. The molecule has 1 aliphatic rings. The first-order valence-electron chi connectivity index (χ1n) is 11.7. The minimum absolute atomic E-state index is 0.611. The maximum Gasteiger partial charge on any atom is 0.137 e. The van der Waals surface area contributed by atoms with Crippen LogP contribution in [-0.2, 0) is 0 Å². The zero-order valence-corrected chi connectivity index (χ0v) is 20.8. The number of ether oxygens (including phenoxy) is 1. The molecule has 1 saturated heterocycles. The molecule has 2 aromatic heterocycles. The number of aromatic nitrogens is 2. The van der Waals surface area contributed by atoms with Crippen LogP contribution < -0.4 is 9.64 Å². The van der Waals surface area contributed by atoms with Crippen molar-refractivity contribution in [1.29, 1.82) is 0 Å². The Kier molecular flexibility index (Phi) is 6.95. The van der Waals surface area contributed by atoms with Gasteiger partial charge >= 0.3 is 0 Å². The molecule has 5 nitrogen and oxygen atoms in total. The highest BCUT2D eigenvalue weighted by atomic mass is 35.5. The Hall–Kier alpha value is -2.73. The van der Waals surface area contributed by atoms with E-state index >= 15 is 0 Å². The standard InChI is InChI=1S/C27H28Cl2N4O/c1-20-6-11-26-30-24(19-33(26)18-20)21-7-9-22(10-8-21)34-17-3-12-31-13-15-32(16-14-31)25-5-2-4-23(28)27(25)29/h2,4-11,18-19H,3,12-17H2,1H3. The molecule has 0 amide bonds.